The number of piperidine rings is 1. The van der Waals surface area contributed by atoms with E-state index >= 15 is 0 Å². The van der Waals surface area contributed by atoms with Crippen LogP contribution in [-0.4, -0.2) is 34.4 Å². The molecule has 0 amide bonds. The van der Waals surface area contributed by atoms with Crippen LogP contribution < -0.4 is 10.1 Å². The Labute approximate surface area is 108 Å². The first-order valence-corrected chi connectivity index (χ1v) is 8.08. The second-order valence-electron chi connectivity index (χ2n) is 4.77. The summed E-state index contributed by atoms with van der Waals surface area (Å²) < 4.78 is 28.3. The third-order valence-electron chi connectivity index (χ3n) is 3.14. The molecule has 100 valence electrons. The highest BCUT2D eigenvalue weighted by Crippen LogP contribution is 2.18. The monoisotopic (exact) mass is 269 g/mol. The van der Waals surface area contributed by atoms with E-state index in [-0.39, 0.29) is 0 Å². The summed E-state index contributed by atoms with van der Waals surface area (Å²) in [6.45, 7) is 2.78. The van der Waals surface area contributed by atoms with Gasteiger partial charge in [-0.3, -0.25) is 0 Å². The van der Waals surface area contributed by atoms with E-state index < -0.39 is 9.84 Å². The molecule has 4 nitrogen and oxygen atoms in total. The molecule has 0 spiro atoms. The summed E-state index contributed by atoms with van der Waals surface area (Å²) >= 11 is 0. The molecule has 1 N–H and O–H groups in total. The van der Waals surface area contributed by atoms with Gasteiger partial charge in [-0.1, -0.05) is 0 Å². The molecule has 2 rings (SSSR count). The number of hydrogen-bond donors (Lipinski definition) is 1. The Bertz CT molecular complexity index is 475. The van der Waals surface area contributed by atoms with Gasteiger partial charge in [-0.2, -0.15) is 0 Å². The molecule has 0 aliphatic carbocycles. The highest BCUT2D eigenvalue weighted by molar-refractivity contribution is 7.90. The fraction of sp³-hybridized carbons (Fsp3) is 0.538. The number of ether oxygens (including phenoxy) is 1. The molecular weight excluding hydrogens is 250 g/mol. The van der Waals surface area contributed by atoms with Gasteiger partial charge in [-0.15, -0.1) is 0 Å². The van der Waals surface area contributed by atoms with Gasteiger partial charge in [0.05, 0.1) is 11.5 Å². The molecule has 1 aromatic carbocycles. The lowest BCUT2D eigenvalue weighted by Crippen LogP contribution is -2.33. The van der Waals surface area contributed by atoms with Crippen LogP contribution in [-0.2, 0) is 9.84 Å². The molecule has 0 saturated carbocycles. The maximum Gasteiger partial charge on any atom is 0.175 e. The van der Waals surface area contributed by atoms with Crippen LogP contribution in [0.15, 0.2) is 29.2 Å². The summed E-state index contributed by atoms with van der Waals surface area (Å²) in [5.41, 5.74) is 0. The fourth-order valence-electron chi connectivity index (χ4n) is 2.06. The van der Waals surface area contributed by atoms with Gasteiger partial charge in [0, 0.05) is 18.7 Å². The fourth-order valence-corrected chi connectivity index (χ4v) is 2.69. The molecule has 1 fully saturated rings. The van der Waals surface area contributed by atoms with Crippen LogP contribution in [0.1, 0.15) is 12.8 Å². The van der Waals surface area contributed by atoms with Gasteiger partial charge in [-0.05, 0) is 43.7 Å². The average molecular weight is 269 g/mol. The summed E-state index contributed by atoms with van der Waals surface area (Å²) in [7, 11) is -3.12. The Morgan fingerprint density at radius 3 is 2.61 bits per heavy atom. The Balaban J connectivity index is 1.90. The van der Waals surface area contributed by atoms with Gasteiger partial charge in [0.2, 0.25) is 0 Å². The van der Waals surface area contributed by atoms with Crippen LogP contribution in [0.4, 0.5) is 0 Å². The van der Waals surface area contributed by atoms with E-state index in [0.29, 0.717) is 17.4 Å². The molecule has 1 atom stereocenters. The number of nitrogens with one attached hydrogen (secondary N) is 1. The zero-order valence-electron chi connectivity index (χ0n) is 10.6. The van der Waals surface area contributed by atoms with Crippen molar-refractivity contribution in [3.63, 3.8) is 0 Å². The SMILES string of the molecule is CS(=O)(=O)c1ccc(OC[C@@H]2CCCNC2)cc1. The predicted molar refractivity (Wildman–Crippen MR) is 70.6 cm³/mol. The van der Waals surface area contributed by atoms with Gasteiger partial charge in [0.1, 0.15) is 5.75 Å². The molecule has 0 radical (unpaired) electrons. The van der Waals surface area contributed by atoms with E-state index in [2.05, 4.69) is 5.32 Å². The van der Waals surface area contributed by atoms with Crippen molar-refractivity contribution >= 4 is 9.84 Å². The van der Waals surface area contributed by atoms with Crippen molar-refractivity contribution in [1.29, 1.82) is 0 Å². The highest BCUT2D eigenvalue weighted by atomic mass is 32.2. The van der Waals surface area contributed by atoms with Crippen molar-refractivity contribution in [2.75, 3.05) is 26.0 Å². The van der Waals surface area contributed by atoms with Gasteiger partial charge in [-0.25, -0.2) is 8.42 Å². The molecular formula is C13H19NO3S. The Kier molecular flexibility index (Phi) is 4.24. The second kappa shape index (κ2) is 5.71. The normalized spacial score (nSPS) is 20.6. The smallest absolute Gasteiger partial charge is 0.175 e. The van der Waals surface area contributed by atoms with Crippen LogP contribution in [0.5, 0.6) is 5.75 Å². The molecule has 5 heteroatoms. The zero-order chi connectivity index (χ0) is 13.0. The van der Waals surface area contributed by atoms with Crippen LogP contribution in [0.3, 0.4) is 0 Å². The van der Waals surface area contributed by atoms with Crippen molar-refractivity contribution in [2.24, 2.45) is 5.92 Å². The third kappa shape index (κ3) is 3.71. The lowest BCUT2D eigenvalue weighted by atomic mass is 10.0. The average Bonchev–Trinajstić information content (AvgIpc) is 2.37. The minimum Gasteiger partial charge on any atom is -0.493 e. The molecule has 1 saturated heterocycles. The Hall–Kier alpha value is -1.07. The van der Waals surface area contributed by atoms with Gasteiger partial charge in [0.15, 0.2) is 9.84 Å². The standard InChI is InChI=1S/C13H19NO3S/c1-18(15,16)13-6-4-12(5-7-13)17-10-11-3-2-8-14-9-11/h4-7,11,14H,2-3,8-10H2,1H3/t11-/m1/s1. The molecule has 0 bridgehead atoms. The van der Waals surface area contributed by atoms with Crippen molar-refractivity contribution < 1.29 is 13.2 Å². The summed E-state index contributed by atoms with van der Waals surface area (Å²) in [6.07, 6.45) is 3.59. The van der Waals surface area contributed by atoms with E-state index in [1.54, 1.807) is 24.3 Å². The molecule has 1 heterocycles. The number of benzene rings is 1. The van der Waals surface area contributed by atoms with Gasteiger partial charge in [0.25, 0.3) is 0 Å². The van der Waals surface area contributed by atoms with Gasteiger partial charge >= 0.3 is 0 Å². The maximum atomic E-state index is 11.3. The summed E-state index contributed by atoms with van der Waals surface area (Å²) in [5.74, 6) is 1.28. The van der Waals surface area contributed by atoms with E-state index in [0.717, 1.165) is 18.8 Å². The zero-order valence-corrected chi connectivity index (χ0v) is 11.4. The van der Waals surface area contributed by atoms with Crippen molar-refractivity contribution in [2.45, 2.75) is 17.7 Å². The Morgan fingerprint density at radius 2 is 2.06 bits per heavy atom. The molecule has 0 unspecified atom stereocenters. The lowest BCUT2D eigenvalue weighted by Gasteiger charge is -2.22. The maximum absolute atomic E-state index is 11.3. The molecule has 1 aliphatic heterocycles. The van der Waals surface area contributed by atoms with Crippen molar-refractivity contribution in [3.05, 3.63) is 24.3 Å². The first-order chi connectivity index (χ1) is 8.55. The highest BCUT2D eigenvalue weighted by Gasteiger charge is 2.13. The molecule has 1 aliphatic rings. The van der Waals surface area contributed by atoms with E-state index in [1.165, 1.54) is 19.1 Å². The first kappa shape index (κ1) is 13.4. The van der Waals surface area contributed by atoms with Crippen LogP contribution in [0.25, 0.3) is 0 Å². The number of hydrogen-bond acceptors (Lipinski definition) is 4. The van der Waals surface area contributed by atoms with E-state index in [4.69, 9.17) is 4.74 Å². The van der Waals surface area contributed by atoms with Crippen molar-refractivity contribution in [1.82, 2.24) is 5.32 Å². The van der Waals surface area contributed by atoms with Crippen LogP contribution >= 0.6 is 0 Å². The summed E-state index contributed by atoms with van der Waals surface area (Å²) in [5, 5.41) is 3.34. The predicted octanol–water partition coefficient (Wildman–Crippen LogP) is 1.47. The van der Waals surface area contributed by atoms with Gasteiger partial charge < -0.3 is 10.1 Å². The van der Waals surface area contributed by atoms with E-state index in [1.807, 2.05) is 0 Å². The second-order valence-corrected chi connectivity index (χ2v) is 6.78. The summed E-state index contributed by atoms with van der Waals surface area (Å²) in [4.78, 5) is 0.328. The minimum atomic E-state index is -3.12. The quantitative estimate of drug-likeness (QED) is 0.899. The van der Waals surface area contributed by atoms with Crippen LogP contribution in [0.2, 0.25) is 0 Å². The van der Waals surface area contributed by atoms with Crippen LogP contribution in [0, 0.1) is 5.92 Å². The number of sulfone groups is 1. The van der Waals surface area contributed by atoms with Crippen molar-refractivity contribution in [3.8, 4) is 5.75 Å². The third-order valence-corrected chi connectivity index (χ3v) is 4.26. The Morgan fingerprint density at radius 1 is 1.33 bits per heavy atom. The largest absolute Gasteiger partial charge is 0.493 e. The summed E-state index contributed by atoms with van der Waals surface area (Å²) in [6, 6.07) is 6.60. The molecule has 18 heavy (non-hydrogen) atoms. The van der Waals surface area contributed by atoms with E-state index in [9.17, 15) is 8.42 Å². The molecule has 0 aromatic heterocycles. The minimum absolute atomic E-state index is 0.328. The lowest BCUT2D eigenvalue weighted by molar-refractivity contribution is 0.218. The topological polar surface area (TPSA) is 55.4 Å². The number of rotatable bonds is 4. The molecule has 1 aromatic rings. The first-order valence-electron chi connectivity index (χ1n) is 6.19.